The molecular formula is C22H25N5O2S. The molecular weight excluding hydrogens is 398 g/mol. The number of nitrogens with one attached hydrogen (secondary N) is 2. The molecule has 4 aromatic rings. The Bertz CT molecular complexity index is 1180. The summed E-state index contributed by atoms with van der Waals surface area (Å²) in [6, 6.07) is 8.25. The number of fused-ring (bicyclic) bond motifs is 2. The lowest BCUT2D eigenvalue weighted by Gasteiger charge is -2.27. The average molecular weight is 424 g/mol. The Hall–Kier alpha value is -2.55. The molecule has 0 bridgehead atoms. The molecule has 5 rings (SSSR count). The standard InChI is InChI=1S/C22H25N5O2S/c1-12(28)14-10-17-21(23-11-14)27-20(24-17)9-13-6-7-16-19(8-13)30-22(26-16)25-15-4-2-3-5-18(15)29/h6-8,10-12,15,18,28-29H,2-5,9H2,1H3,(H,25,26)(H,23,24,27). The van der Waals surface area contributed by atoms with Crippen molar-refractivity contribution >= 4 is 37.8 Å². The van der Waals surface area contributed by atoms with E-state index in [4.69, 9.17) is 0 Å². The highest BCUT2D eigenvalue weighted by molar-refractivity contribution is 7.22. The van der Waals surface area contributed by atoms with Crippen molar-refractivity contribution in [2.24, 2.45) is 0 Å². The molecule has 7 nitrogen and oxygen atoms in total. The van der Waals surface area contributed by atoms with E-state index in [0.717, 1.165) is 63.5 Å². The molecule has 8 heteroatoms. The monoisotopic (exact) mass is 423 g/mol. The van der Waals surface area contributed by atoms with Gasteiger partial charge in [0.2, 0.25) is 0 Å². The van der Waals surface area contributed by atoms with Crippen molar-refractivity contribution in [1.29, 1.82) is 0 Å². The summed E-state index contributed by atoms with van der Waals surface area (Å²) in [5, 5.41) is 24.3. The molecule has 0 saturated heterocycles. The number of aliphatic hydroxyl groups is 2. The molecule has 1 fully saturated rings. The first-order chi connectivity index (χ1) is 14.5. The van der Waals surface area contributed by atoms with E-state index in [0.29, 0.717) is 12.1 Å². The number of pyridine rings is 1. The number of imidazole rings is 1. The predicted molar refractivity (Wildman–Crippen MR) is 119 cm³/mol. The van der Waals surface area contributed by atoms with Crippen LogP contribution in [0.5, 0.6) is 0 Å². The van der Waals surface area contributed by atoms with Crippen molar-refractivity contribution in [2.45, 2.75) is 57.3 Å². The number of benzene rings is 1. The van der Waals surface area contributed by atoms with Crippen LogP contribution < -0.4 is 5.32 Å². The van der Waals surface area contributed by atoms with Gasteiger partial charge in [0.05, 0.1) is 34.0 Å². The van der Waals surface area contributed by atoms with E-state index in [1.54, 1.807) is 24.5 Å². The van der Waals surface area contributed by atoms with Gasteiger partial charge in [0.1, 0.15) is 5.82 Å². The second-order valence-corrected chi connectivity index (χ2v) is 9.13. The number of hydrogen-bond acceptors (Lipinski definition) is 7. The predicted octanol–water partition coefficient (Wildman–Crippen LogP) is 3.93. The number of aliphatic hydroxyl groups excluding tert-OH is 2. The van der Waals surface area contributed by atoms with Gasteiger partial charge < -0.3 is 20.5 Å². The van der Waals surface area contributed by atoms with E-state index in [2.05, 4.69) is 37.4 Å². The van der Waals surface area contributed by atoms with Crippen molar-refractivity contribution in [3.63, 3.8) is 0 Å². The number of thiazole rings is 1. The molecule has 1 aliphatic carbocycles. The smallest absolute Gasteiger partial charge is 0.184 e. The number of anilines is 1. The van der Waals surface area contributed by atoms with Gasteiger partial charge in [0.15, 0.2) is 10.8 Å². The van der Waals surface area contributed by atoms with E-state index < -0.39 is 6.10 Å². The third-order valence-corrected chi connectivity index (χ3v) is 6.70. The number of aromatic nitrogens is 4. The molecule has 30 heavy (non-hydrogen) atoms. The SMILES string of the molecule is CC(O)c1cnc2nc(Cc3ccc4nc(NC5CCCCC5O)sc4c3)[nH]c2c1. The first-order valence-corrected chi connectivity index (χ1v) is 11.2. The van der Waals surface area contributed by atoms with Gasteiger partial charge in [-0.3, -0.25) is 0 Å². The average Bonchev–Trinajstić information content (AvgIpc) is 3.31. The molecule has 3 atom stereocenters. The largest absolute Gasteiger partial charge is 0.391 e. The second kappa shape index (κ2) is 7.94. The minimum absolute atomic E-state index is 0.0911. The maximum Gasteiger partial charge on any atom is 0.184 e. The topological polar surface area (TPSA) is 107 Å². The fourth-order valence-electron chi connectivity index (χ4n) is 4.05. The molecule has 0 spiro atoms. The lowest BCUT2D eigenvalue weighted by Crippen LogP contribution is -2.36. The lowest BCUT2D eigenvalue weighted by molar-refractivity contribution is 0.116. The van der Waals surface area contributed by atoms with E-state index in [9.17, 15) is 10.2 Å². The maximum absolute atomic E-state index is 10.2. The van der Waals surface area contributed by atoms with Gasteiger partial charge in [-0.25, -0.2) is 15.0 Å². The Kier molecular flexibility index (Phi) is 5.14. The van der Waals surface area contributed by atoms with E-state index in [1.807, 2.05) is 12.1 Å². The highest BCUT2D eigenvalue weighted by atomic mass is 32.1. The van der Waals surface area contributed by atoms with Gasteiger partial charge in [0.25, 0.3) is 0 Å². The quantitative estimate of drug-likeness (QED) is 0.387. The van der Waals surface area contributed by atoms with Crippen LogP contribution in [0.15, 0.2) is 30.5 Å². The summed E-state index contributed by atoms with van der Waals surface area (Å²) >= 11 is 1.62. The van der Waals surface area contributed by atoms with Crippen LogP contribution in [-0.2, 0) is 6.42 Å². The van der Waals surface area contributed by atoms with Crippen molar-refractivity contribution in [3.05, 3.63) is 47.4 Å². The van der Waals surface area contributed by atoms with Crippen LogP contribution in [0.25, 0.3) is 21.4 Å². The molecule has 1 saturated carbocycles. The summed E-state index contributed by atoms with van der Waals surface area (Å²) in [7, 11) is 0. The van der Waals surface area contributed by atoms with E-state index in [1.165, 1.54) is 0 Å². The summed E-state index contributed by atoms with van der Waals surface area (Å²) in [6.45, 7) is 1.72. The van der Waals surface area contributed by atoms with Gasteiger partial charge in [0, 0.05) is 18.2 Å². The Morgan fingerprint density at radius 3 is 2.93 bits per heavy atom. The normalized spacial score (nSPS) is 20.6. The van der Waals surface area contributed by atoms with Gasteiger partial charge in [-0.15, -0.1) is 0 Å². The van der Waals surface area contributed by atoms with Gasteiger partial charge >= 0.3 is 0 Å². The highest BCUT2D eigenvalue weighted by Gasteiger charge is 2.23. The number of H-pyrrole nitrogens is 1. The van der Waals surface area contributed by atoms with Gasteiger partial charge in [-0.05, 0) is 43.5 Å². The molecule has 1 aromatic carbocycles. The number of rotatable bonds is 5. The fourth-order valence-corrected chi connectivity index (χ4v) is 5.04. The number of hydrogen-bond donors (Lipinski definition) is 4. The van der Waals surface area contributed by atoms with Crippen LogP contribution in [0.3, 0.4) is 0 Å². The molecule has 0 amide bonds. The Labute approximate surface area is 178 Å². The minimum Gasteiger partial charge on any atom is -0.391 e. The van der Waals surface area contributed by atoms with Crippen LogP contribution in [0.1, 0.15) is 55.7 Å². The third kappa shape index (κ3) is 3.90. The molecule has 3 unspecified atom stereocenters. The lowest BCUT2D eigenvalue weighted by atomic mass is 9.93. The van der Waals surface area contributed by atoms with Crippen LogP contribution >= 0.6 is 11.3 Å². The van der Waals surface area contributed by atoms with Crippen molar-refractivity contribution in [2.75, 3.05) is 5.32 Å². The van der Waals surface area contributed by atoms with Crippen LogP contribution in [0.4, 0.5) is 5.13 Å². The zero-order chi connectivity index (χ0) is 20.7. The summed E-state index contributed by atoms with van der Waals surface area (Å²) in [6.07, 6.45) is 5.57. The molecule has 1 aliphatic rings. The second-order valence-electron chi connectivity index (χ2n) is 8.10. The highest BCUT2D eigenvalue weighted by Crippen LogP contribution is 2.30. The Morgan fingerprint density at radius 1 is 1.23 bits per heavy atom. The summed E-state index contributed by atoms with van der Waals surface area (Å²) < 4.78 is 1.12. The molecule has 3 aromatic heterocycles. The van der Waals surface area contributed by atoms with Crippen LogP contribution in [0, 0.1) is 0 Å². The molecule has 4 N–H and O–H groups in total. The zero-order valence-corrected chi connectivity index (χ0v) is 17.6. The molecule has 156 valence electrons. The van der Waals surface area contributed by atoms with Gasteiger partial charge in [-0.1, -0.05) is 30.2 Å². The molecule has 0 radical (unpaired) electrons. The third-order valence-electron chi connectivity index (χ3n) is 5.75. The van der Waals surface area contributed by atoms with Gasteiger partial charge in [-0.2, -0.15) is 0 Å². The number of aromatic amines is 1. The van der Waals surface area contributed by atoms with Crippen LogP contribution in [0.2, 0.25) is 0 Å². The van der Waals surface area contributed by atoms with Crippen molar-refractivity contribution < 1.29 is 10.2 Å². The Balaban J connectivity index is 1.35. The molecule has 0 aliphatic heterocycles. The van der Waals surface area contributed by atoms with E-state index in [-0.39, 0.29) is 12.1 Å². The molecule has 3 heterocycles. The summed E-state index contributed by atoms with van der Waals surface area (Å²) in [5.41, 5.74) is 4.37. The zero-order valence-electron chi connectivity index (χ0n) is 16.8. The first-order valence-electron chi connectivity index (χ1n) is 10.4. The minimum atomic E-state index is -0.556. The van der Waals surface area contributed by atoms with Crippen LogP contribution in [-0.4, -0.2) is 42.3 Å². The Morgan fingerprint density at radius 2 is 2.10 bits per heavy atom. The fraction of sp³-hybridized carbons (Fsp3) is 0.409. The van der Waals surface area contributed by atoms with Crippen molar-refractivity contribution in [3.8, 4) is 0 Å². The maximum atomic E-state index is 10.2. The number of nitrogens with zero attached hydrogens (tertiary/aromatic N) is 3. The summed E-state index contributed by atoms with van der Waals surface area (Å²) in [5.74, 6) is 0.841. The first kappa shape index (κ1) is 19.4. The van der Waals surface area contributed by atoms with Crippen molar-refractivity contribution in [1.82, 2.24) is 19.9 Å². The van der Waals surface area contributed by atoms with E-state index >= 15 is 0 Å². The summed E-state index contributed by atoms with van der Waals surface area (Å²) in [4.78, 5) is 16.9.